The average Bonchev–Trinajstić information content (AvgIpc) is 2.17. The maximum Gasteiger partial charge on any atom is 0.421 e. The smallest absolute Gasteiger partial charge is 0.421 e. The summed E-state index contributed by atoms with van der Waals surface area (Å²) in [6.45, 7) is 3.17. The number of carbonyl (C=O) groups excluding carboxylic acids is 1. The van der Waals surface area contributed by atoms with Gasteiger partial charge in [-0.1, -0.05) is 0 Å². The molecule has 0 bridgehead atoms. The van der Waals surface area contributed by atoms with E-state index in [2.05, 4.69) is 9.46 Å². The number of hydrogen-bond donors (Lipinski definition) is 2. The minimum Gasteiger partial charge on any atom is -0.449 e. The van der Waals surface area contributed by atoms with Crippen LogP contribution in [0.4, 0.5) is 4.79 Å². The Balaban J connectivity index is 4.39. The Morgan fingerprint density at radius 3 is 2.24 bits per heavy atom. The molecule has 0 aromatic heterocycles. The summed E-state index contributed by atoms with van der Waals surface area (Å²) in [7, 11) is -1.26. The van der Waals surface area contributed by atoms with Crippen molar-refractivity contribution in [1.82, 2.24) is 9.44 Å². The molecule has 1 unspecified atom stereocenters. The Kier molecular flexibility index (Phi) is 7.04. The molecule has 1 atom stereocenters. The first kappa shape index (κ1) is 16.1. The van der Waals surface area contributed by atoms with Crippen molar-refractivity contribution in [2.45, 2.75) is 26.2 Å². The Morgan fingerprint density at radius 2 is 1.82 bits per heavy atom. The summed E-state index contributed by atoms with van der Waals surface area (Å²) in [6.07, 6.45) is -1.80. The molecule has 0 fully saturated rings. The first-order valence-electron chi connectivity index (χ1n) is 4.88. The van der Waals surface area contributed by atoms with Gasteiger partial charge in [-0.05, 0) is 13.8 Å². The largest absolute Gasteiger partial charge is 0.449 e. The molecule has 0 aliphatic carbocycles. The van der Waals surface area contributed by atoms with Crippen LogP contribution in [0.15, 0.2) is 0 Å². The van der Waals surface area contributed by atoms with Gasteiger partial charge in [0.2, 0.25) is 0 Å². The van der Waals surface area contributed by atoms with Gasteiger partial charge in [-0.2, -0.15) is 13.1 Å². The molecule has 0 saturated carbocycles. The van der Waals surface area contributed by atoms with E-state index in [9.17, 15) is 13.2 Å². The maximum absolute atomic E-state index is 11.4. The van der Waals surface area contributed by atoms with Crippen molar-refractivity contribution in [3.63, 3.8) is 0 Å². The van der Waals surface area contributed by atoms with E-state index in [1.165, 1.54) is 21.1 Å². The molecule has 1 amide bonds. The molecule has 9 heteroatoms. The van der Waals surface area contributed by atoms with E-state index in [4.69, 9.17) is 9.47 Å². The Morgan fingerprint density at radius 1 is 1.29 bits per heavy atom. The van der Waals surface area contributed by atoms with Crippen molar-refractivity contribution < 1.29 is 27.4 Å². The van der Waals surface area contributed by atoms with Crippen LogP contribution >= 0.6 is 0 Å². The molecule has 0 aliphatic rings. The minimum atomic E-state index is -4.00. The highest BCUT2D eigenvalue weighted by molar-refractivity contribution is 7.88. The lowest BCUT2D eigenvalue weighted by Gasteiger charge is -2.21. The van der Waals surface area contributed by atoms with Crippen molar-refractivity contribution >= 4 is 16.3 Å². The summed E-state index contributed by atoms with van der Waals surface area (Å²) in [4.78, 5) is 10.9. The molecule has 0 aromatic carbocycles. The Bertz CT molecular complexity index is 327. The number of nitrogens with one attached hydrogen (secondary N) is 2. The van der Waals surface area contributed by atoms with Gasteiger partial charge in [-0.15, -0.1) is 0 Å². The Hall–Kier alpha value is -0.900. The molecule has 17 heavy (non-hydrogen) atoms. The highest BCUT2D eigenvalue weighted by Gasteiger charge is 2.23. The first-order chi connectivity index (χ1) is 7.86. The molecule has 102 valence electrons. The number of amides is 1. The summed E-state index contributed by atoms with van der Waals surface area (Å²) in [5.74, 6) is 0. The SMILES string of the molecule is CCOC(=O)NS(=O)(=O)NC(C)C(OC)OC. The van der Waals surface area contributed by atoms with Gasteiger partial charge in [-0.25, -0.2) is 9.52 Å². The van der Waals surface area contributed by atoms with Crippen molar-refractivity contribution in [2.24, 2.45) is 0 Å². The van der Waals surface area contributed by atoms with Gasteiger partial charge >= 0.3 is 16.3 Å². The zero-order chi connectivity index (χ0) is 13.5. The zero-order valence-corrected chi connectivity index (χ0v) is 11.0. The minimum absolute atomic E-state index is 0.0790. The third-order valence-corrected chi connectivity index (χ3v) is 2.82. The monoisotopic (exact) mass is 270 g/mol. The van der Waals surface area contributed by atoms with Crippen LogP contribution in [0.5, 0.6) is 0 Å². The fourth-order valence-corrected chi connectivity index (χ4v) is 2.04. The van der Waals surface area contributed by atoms with Crippen LogP contribution in [0, 0.1) is 0 Å². The van der Waals surface area contributed by atoms with E-state index in [1.54, 1.807) is 11.6 Å². The summed E-state index contributed by atoms with van der Waals surface area (Å²) in [5, 5.41) is 0. The number of hydrogen-bond acceptors (Lipinski definition) is 6. The van der Waals surface area contributed by atoms with Crippen molar-refractivity contribution in [3.05, 3.63) is 0 Å². The predicted molar refractivity (Wildman–Crippen MR) is 59.5 cm³/mol. The fourth-order valence-electron chi connectivity index (χ4n) is 1.10. The number of rotatable bonds is 7. The van der Waals surface area contributed by atoms with E-state index in [0.29, 0.717) is 0 Å². The lowest BCUT2D eigenvalue weighted by molar-refractivity contribution is -0.115. The molecular formula is C8H18N2O6S. The van der Waals surface area contributed by atoms with E-state index in [1.807, 2.05) is 0 Å². The third kappa shape index (κ3) is 6.41. The van der Waals surface area contributed by atoms with Crippen LogP contribution in [-0.2, 0) is 24.4 Å². The average molecular weight is 270 g/mol. The number of carbonyl (C=O) groups is 1. The first-order valence-corrected chi connectivity index (χ1v) is 6.37. The van der Waals surface area contributed by atoms with Gasteiger partial charge in [-0.3, -0.25) is 0 Å². The molecule has 0 aliphatic heterocycles. The van der Waals surface area contributed by atoms with E-state index < -0.39 is 28.6 Å². The van der Waals surface area contributed by atoms with Crippen LogP contribution in [0.1, 0.15) is 13.8 Å². The quantitative estimate of drug-likeness (QED) is 0.609. The molecule has 2 N–H and O–H groups in total. The van der Waals surface area contributed by atoms with Crippen LogP contribution in [0.2, 0.25) is 0 Å². The fraction of sp³-hybridized carbons (Fsp3) is 0.875. The van der Waals surface area contributed by atoms with Gasteiger partial charge in [0.15, 0.2) is 6.29 Å². The van der Waals surface area contributed by atoms with Crippen molar-refractivity contribution in [3.8, 4) is 0 Å². The van der Waals surface area contributed by atoms with Crippen LogP contribution < -0.4 is 9.44 Å². The molecule has 0 spiro atoms. The lowest BCUT2D eigenvalue weighted by Crippen LogP contribution is -2.49. The Labute approximate surface area is 101 Å². The molecular weight excluding hydrogens is 252 g/mol. The van der Waals surface area contributed by atoms with Crippen LogP contribution in [-0.4, -0.2) is 47.7 Å². The highest BCUT2D eigenvalue weighted by atomic mass is 32.2. The van der Waals surface area contributed by atoms with E-state index >= 15 is 0 Å². The van der Waals surface area contributed by atoms with E-state index in [0.717, 1.165) is 0 Å². The predicted octanol–water partition coefficient (Wildman–Crippen LogP) is -0.426. The summed E-state index contributed by atoms with van der Waals surface area (Å²) >= 11 is 0. The van der Waals surface area contributed by atoms with Gasteiger partial charge in [0.1, 0.15) is 0 Å². The number of methoxy groups -OCH3 is 2. The molecule has 0 rings (SSSR count). The molecule has 0 heterocycles. The second-order valence-corrected chi connectivity index (χ2v) is 4.52. The van der Waals surface area contributed by atoms with Crippen molar-refractivity contribution in [2.75, 3.05) is 20.8 Å². The highest BCUT2D eigenvalue weighted by Crippen LogP contribution is 1.99. The molecule has 0 aromatic rings. The second kappa shape index (κ2) is 7.43. The third-order valence-electron chi connectivity index (χ3n) is 1.71. The van der Waals surface area contributed by atoms with Gasteiger partial charge < -0.3 is 14.2 Å². The summed E-state index contributed by atoms with van der Waals surface area (Å²) in [5.41, 5.74) is 0. The second-order valence-electron chi connectivity index (χ2n) is 3.07. The molecule has 8 nitrogen and oxygen atoms in total. The van der Waals surface area contributed by atoms with E-state index in [-0.39, 0.29) is 6.61 Å². The number of ether oxygens (including phenoxy) is 3. The summed E-state index contributed by atoms with van der Waals surface area (Å²) < 4.78 is 40.9. The topological polar surface area (TPSA) is 103 Å². The van der Waals surface area contributed by atoms with Crippen molar-refractivity contribution in [1.29, 1.82) is 0 Å². The van der Waals surface area contributed by atoms with Gasteiger partial charge in [0.05, 0.1) is 12.6 Å². The normalized spacial score (nSPS) is 13.5. The lowest BCUT2D eigenvalue weighted by atomic mass is 10.3. The molecule has 0 saturated heterocycles. The van der Waals surface area contributed by atoms with Gasteiger partial charge in [0.25, 0.3) is 0 Å². The zero-order valence-electron chi connectivity index (χ0n) is 10.2. The van der Waals surface area contributed by atoms with Gasteiger partial charge in [0, 0.05) is 14.2 Å². The van der Waals surface area contributed by atoms with Crippen LogP contribution in [0.25, 0.3) is 0 Å². The summed E-state index contributed by atoms with van der Waals surface area (Å²) in [6, 6.07) is -0.670. The standard InChI is InChI=1S/C8H18N2O6S/c1-5-16-8(11)10-17(12,13)9-6(2)7(14-3)15-4/h6-7,9H,5H2,1-4H3,(H,10,11). The maximum atomic E-state index is 11.4. The molecule has 0 radical (unpaired) electrons. The van der Waals surface area contributed by atoms with Crippen LogP contribution in [0.3, 0.4) is 0 Å².